The Balaban J connectivity index is 3.13. The van der Waals surface area contributed by atoms with Crippen molar-refractivity contribution in [3.05, 3.63) is 29.6 Å². The maximum Gasteiger partial charge on any atom is 0.242 e. The lowest BCUT2D eigenvalue weighted by Crippen LogP contribution is -2.30. The molecule has 0 bridgehead atoms. The first-order valence-electron chi connectivity index (χ1n) is 5.35. The fourth-order valence-electron chi connectivity index (χ4n) is 1.33. The molecule has 0 unspecified atom stereocenters. The molecular weight excluding hydrogens is 223 g/mol. The van der Waals surface area contributed by atoms with E-state index in [0.29, 0.717) is 17.7 Å². The molecule has 0 amide bonds. The second-order valence-corrected chi connectivity index (χ2v) is 9.06. The van der Waals surface area contributed by atoms with E-state index in [4.69, 9.17) is 4.43 Å². The van der Waals surface area contributed by atoms with E-state index in [-0.39, 0.29) is 11.6 Å². The van der Waals surface area contributed by atoms with Crippen LogP contribution in [-0.4, -0.2) is 14.1 Å². The molecule has 0 fully saturated rings. The number of ketones is 1. The molecule has 1 aromatic carbocycles. The number of benzene rings is 1. The second kappa shape index (κ2) is 4.78. The molecule has 1 aromatic rings. The summed E-state index contributed by atoms with van der Waals surface area (Å²) in [5.41, 5.74) is 0.478. The number of carbonyl (C=O) groups excluding carboxylic acids is 1. The molecule has 1 rings (SSSR count). The Hall–Kier alpha value is -1.16. The lowest BCUT2D eigenvalue weighted by Gasteiger charge is -2.21. The third kappa shape index (κ3) is 3.45. The van der Waals surface area contributed by atoms with Gasteiger partial charge in [0.05, 0.1) is 5.56 Å². The summed E-state index contributed by atoms with van der Waals surface area (Å²) in [7, 11) is -1.83. The minimum atomic E-state index is -1.83. The molecule has 0 saturated carbocycles. The molecule has 0 heterocycles. The van der Waals surface area contributed by atoms with E-state index >= 15 is 0 Å². The van der Waals surface area contributed by atoms with E-state index in [0.717, 1.165) is 0 Å². The van der Waals surface area contributed by atoms with Crippen LogP contribution in [-0.2, 0) is 0 Å². The predicted octanol–water partition coefficient (Wildman–Crippen LogP) is 3.63. The van der Waals surface area contributed by atoms with Crippen LogP contribution < -0.4 is 4.43 Å². The number of hydrogen-bond acceptors (Lipinski definition) is 2. The summed E-state index contributed by atoms with van der Waals surface area (Å²) in [6, 6.07) is 4.08. The molecule has 88 valence electrons. The molecular formula is C12H17FO2Si. The summed E-state index contributed by atoms with van der Waals surface area (Å²) < 4.78 is 18.8. The monoisotopic (exact) mass is 240 g/mol. The summed E-state index contributed by atoms with van der Waals surface area (Å²) >= 11 is 0. The zero-order chi connectivity index (χ0) is 12.3. The van der Waals surface area contributed by atoms with Crippen LogP contribution in [0.25, 0.3) is 0 Å². The quantitative estimate of drug-likeness (QED) is 0.593. The Labute approximate surface area is 96.6 Å². The number of carbonyl (C=O) groups is 1. The molecule has 0 aliphatic rings. The molecule has 0 aliphatic carbocycles. The topological polar surface area (TPSA) is 26.3 Å². The first-order chi connectivity index (χ1) is 7.33. The summed E-state index contributed by atoms with van der Waals surface area (Å²) in [5, 5.41) is 0. The summed E-state index contributed by atoms with van der Waals surface area (Å²) in [6.45, 7) is 7.78. The van der Waals surface area contributed by atoms with E-state index in [2.05, 4.69) is 0 Å². The van der Waals surface area contributed by atoms with Crippen molar-refractivity contribution >= 4 is 14.1 Å². The average Bonchev–Trinajstić information content (AvgIpc) is 2.14. The van der Waals surface area contributed by atoms with Gasteiger partial charge in [0.15, 0.2) is 5.78 Å². The smallest absolute Gasteiger partial charge is 0.242 e. The Morgan fingerprint density at radius 2 is 2.00 bits per heavy atom. The Bertz CT molecular complexity index is 396. The van der Waals surface area contributed by atoms with Gasteiger partial charge in [0.25, 0.3) is 0 Å². The van der Waals surface area contributed by atoms with Gasteiger partial charge in [0.1, 0.15) is 11.6 Å². The molecule has 0 N–H and O–H groups in total. The van der Waals surface area contributed by atoms with Crippen molar-refractivity contribution in [1.82, 2.24) is 0 Å². The molecule has 0 aliphatic heterocycles. The normalized spacial score (nSPS) is 11.3. The predicted molar refractivity (Wildman–Crippen MR) is 65.0 cm³/mol. The Kier molecular flexibility index (Phi) is 3.86. The van der Waals surface area contributed by atoms with E-state index in [9.17, 15) is 9.18 Å². The van der Waals surface area contributed by atoms with E-state index in [1.54, 1.807) is 6.92 Å². The highest BCUT2D eigenvalue weighted by Crippen LogP contribution is 2.24. The highest BCUT2D eigenvalue weighted by Gasteiger charge is 2.20. The molecule has 0 radical (unpaired) electrons. The zero-order valence-corrected chi connectivity index (χ0v) is 11.1. The molecule has 0 spiro atoms. The van der Waals surface area contributed by atoms with E-state index < -0.39 is 8.32 Å². The molecule has 16 heavy (non-hydrogen) atoms. The van der Waals surface area contributed by atoms with Gasteiger partial charge >= 0.3 is 0 Å². The first kappa shape index (κ1) is 12.9. The van der Waals surface area contributed by atoms with Gasteiger partial charge in [0.2, 0.25) is 8.32 Å². The van der Waals surface area contributed by atoms with Crippen LogP contribution in [0.1, 0.15) is 23.7 Å². The number of rotatable bonds is 4. The van der Waals surface area contributed by atoms with Crippen LogP contribution in [0.5, 0.6) is 5.75 Å². The van der Waals surface area contributed by atoms with Crippen molar-refractivity contribution in [2.24, 2.45) is 0 Å². The van der Waals surface area contributed by atoms with Crippen LogP contribution in [0.4, 0.5) is 4.39 Å². The van der Waals surface area contributed by atoms with Gasteiger partial charge in [-0.1, -0.05) is 6.92 Å². The maximum absolute atomic E-state index is 13.1. The minimum Gasteiger partial charge on any atom is -0.544 e. The lowest BCUT2D eigenvalue weighted by molar-refractivity contribution is 0.0986. The van der Waals surface area contributed by atoms with Gasteiger partial charge in [-0.05, 0) is 31.8 Å². The van der Waals surface area contributed by atoms with Crippen molar-refractivity contribution in [2.75, 3.05) is 0 Å². The molecule has 0 atom stereocenters. The average molecular weight is 240 g/mol. The van der Waals surface area contributed by atoms with Gasteiger partial charge in [-0.3, -0.25) is 4.79 Å². The SMILES string of the molecule is CCC(=O)c1ccc(F)cc1O[Si](C)(C)C. The highest BCUT2D eigenvalue weighted by atomic mass is 28.4. The number of hydrogen-bond donors (Lipinski definition) is 0. The third-order valence-corrected chi connectivity index (χ3v) is 2.81. The minimum absolute atomic E-state index is 0.0201. The number of halogens is 1. The summed E-state index contributed by atoms with van der Waals surface area (Å²) in [4.78, 5) is 11.6. The standard InChI is InChI=1S/C12H17FO2Si/c1-5-11(14)10-7-6-9(13)8-12(10)15-16(2,3)4/h6-8H,5H2,1-4H3. The zero-order valence-electron chi connectivity index (χ0n) is 10.1. The summed E-state index contributed by atoms with van der Waals surface area (Å²) in [6.07, 6.45) is 0.397. The molecule has 2 nitrogen and oxygen atoms in total. The van der Waals surface area contributed by atoms with Gasteiger partial charge in [-0.2, -0.15) is 0 Å². The fourth-order valence-corrected chi connectivity index (χ4v) is 2.16. The molecule has 0 aromatic heterocycles. The summed E-state index contributed by atoms with van der Waals surface area (Å²) in [5.74, 6) is -0.0137. The Morgan fingerprint density at radius 1 is 1.38 bits per heavy atom. The van der Waals surface area contributed by atoms with Gasteiger partial charge in [-0.15, -0.1) is 0 Å². The Morgan fingerprint density at radius 3 is 2.50 bits per heavy atom. The lowest BCUT2D eigenvalue weighted by atomic mass is 10.1. The van der Waals surface area contributed by atoms with Crippen molar-refractivity contribution in [3.8, 4) is 5.75 Å². The maximum atomic E-state index is 13.1. The van der Waals surface area contributed by atoms with E-state index in [1.807, 2.05) is 19.6 Å². The van der Waals surface area contributed by atoms with Crippen molar-refractivity contribution in [2.45, 2.75) is 33.0 Å². The van der Waals surface area contributed by atoms with Gasteiger partial charge in [-0.25, -0.2) is 4.39 Å². The molecule has 4 heteroatoms. The van der Waals surface area contributed by atoms with Crippen molar-refractivity contribution in [3.63, 3.8) is 0 Å². The largest absolute Gasteiger partial charge is 0.544 e. The van der Waals surface area contributed by atoms with Crippen LogP contribution in [0.2, 0.25) is 19.6 Å². The van der Waals surface area contributed by atoms with Crippen LogP contribution in [0.15, 0.2) is 18.2 Å². The van der Waals surface area contributed by atoms with Crippen LogP contribution in [0, 0.1) is 5.82 Å². The van der Waals surface area contributed by atoms with Crippen LogP contribution in [0.3, 0.4) is 0 Å². The second-order valence-electron chi connectivity index (χ2n) is 4.63. The van der Waals surface area contributed by atoms with Gasteiger partial charge in [0, 0.05) is 12.5 Å². The number of Topliss-reactive ketones (excluding diaryl/α,β-unsaturated/α-hetero) is 1. The highest BCUT2D eigenvalue weighted by molar-refractivity contribution is 6.70. The van der Waals surface area contributed by atoms with E-state index in [1.165, 1.54) is 18.2 Å². The third-order valence-electron chi connectivity index (χ3n) is 1.98. The van der Waals surface area contributed by atoms with Gasteiger partial charge < -0.3 is 4.43 Å². The van der Waals surface area contributed by atoms with Crippen molar-refractivity contribution in [1.29, 1.82) is 0 Å². The van der Waals surface area contributed by atoms with Crippen LogP contribution >= 0.6 is 0 Å². The first-order valence-corrected chi connectivity index (χ1v) is 8.76. The fraction of sp³-hybridized carbons (Fsp3) is 0.417. The molecule has 0 saturated heterocycles. The van der Waals surface area contributed by atoms with Crippen molar-refractivity contribution < 1.29 is 13.6 Å².